The van der Waals surface area contributed by atoms with Crippen LogP contribution in [0.1, 0.15) is 34.1 Å². The molecule has 0 aliphatic heterocycles. The molecule has 17 heavy (non-hydrogen) atoms. The van der Waals surface area contributed by atoms with Crippen LogP contribution in [0.25, 0.3) is 0 Å². The molecular weight excluding hydrogens is 212 g/mol. The standard InChI is InChI=1S/C14H22N2O/c1-9(2)17-11-7-5-6-10(13(11)15)16-12-8-14(12,3)4/h5-7,9,12,16H,8,15H2,1-4H3. The number of para-hydroxylation sites is 1. The second kappa shape index (κ2) is 4.13. The number of hydrogen-bond acceptors (Lipinski definition) is 3. The fraction of sp³-hybridized carbons (Fsp3) is 0.571. The van der Waals surface area contributed by atoms with Crippen LogP contribution in [-0.2, 0) is 0 Å². The topological polar surface area (TPSA) is 47.3 Å². The number of benzene rings is 1. The molecular formula is C14H22N2O. The van der Waals surface area contributed by atoms with Crippen LogP contribution >= 0.6 is 0 Å². The van der Waals surface area contributed by atoms with E-state index >= 15 is 0 Å². The molecule has 1 atom stereocenters. The minimum Gasteiger partial charge on any atom is -0.489 e. The summed E-state index contributed by atoms with van der Waals surface area (Å²) < 4.78 is 5.67. The van der Waals surface area contributed by atoms with Gasteiger partial charge in [-0.1, -0.05) is 19.9 Å². The quantitative estimate of drug-likeness (QED) is 0.786. The zero-order chi connectivity index (χ0) is 12.6. The van der Waals surface area contributed by atoms with E-state index in [2.05, 4.69) is 19.2 Å². The molecule has 0 radical (unpaired) electrons. The first-order valence-corrected chi connectivity index (χ1v) is 6.22. The Morgan fingerprint density at radius 3 is 2.59 bits per heavy atom. The average Bonchev–Trinajstić information content (AvgIpc) is 2.80. The lowest BCUT2D eigenvalue weighted by Gasteiger charge is -2.16. The molecule has 1 aromatic carbocycles. The Bertz CT molecular complexity index is 413. The Morgan fingerprint density at radius 2 is 2.06 bits per heavy atom. The molecule has 2 rings (SSSR count). The molecule has 1 aliphatic rings. The van der Waals surface area contributed by atoms with E-state index in [0.29, 0.717) is 17.1 Å². The number of anilines is 2. The molecule has 0 saturated heterocycles. The fourth-order valence-electron chi connectivity index (χ4n) is 1.93. The summed E-state index contributed by atoms with van der Waals surface area (Å²) in [5.41, 5.74) is 8.20. The van der Waals surface area contributed by atoms with Crippen LogP contribution in [0.5, 0.6) is 5.75 Å². The average molecular weight is 234 g/mol. The highest BCUT2D eigenvalue weighted by atomic mass is 16.5. The third-order valence-electron chi connectivity index (χ3n) is 3.27. The van der Waals surface area contributed by atoms with E-state index in [0.717, 1.165) is 11.4 Å². The maximum Gasteiger partial charge on any atom is 0.144 e. The number of rotatable bonds is 4. The number of ether oxygens (including phenoxy) is 1. The van der Waals surface area contributed by atoms with Crippen molar-refractivity contribution in [2.75, 3.05) is 11.1 Å². The molecule has 0 bridgehead atoms. The first-order valence-electron chi connectivity index (χ1n) is 6.22. The molecule has 1 aliphatic carbocycles. The summed E-state index contributed by atoms with van der Waals surface area (Å²) >= 11 is 0. The van der Waals surface area contributed by atoms with Crippen LogP contribution in [-0.4, -0.2) is 12.1 Å². The maximum absolute atomic E-state index is 6.11. The Morgan fingerprint density at radius 1 is 1.41 bits per heavy atom. The van der Waals surface area contributed by atoms with Gasteiger partial charge in [-0.05, 0) is 37.8 Å². The third kappa shape index (κ3) is 2.65. The number of nitrogens with two attached hydrogens (primary N) is 1. The molecule has 3 heteroatoms. The number of nitrogens with one attached hydrogen (secondary N) is 1. The minimum atomic E-state index is 0.143. The highest BCUT2D eigenvalue weighted by molar-refractivity contribution is 5.73. The van der Waals surface area contributed by atoms with Gasteiger partial charge in [-0.25, -0.2) is 0 Å². The molecule has 0 aromatic heterocycles. The lowest BCUT2D eigenvalue weighted by molar-refractivity contribution is 0.244. The van der Waals surface area contributed by atoms with Crippen LogP contribution < -0.4 is 15.8 Å². The Kier molecular flexibility index (Phi) is 2.94. The Balaban J connectivity index is 2.12. The van der Waals surface area contributed by atoms with Gasteiger partial charge < -0.3 is 15.8 Å². The largest absolute Gasteiger partial charge is 0.489 e. The summed E-state index contributed by atoms with van der Waals surface area (Å²) in [5.74, 6) is 0.767. The van der Waals surface area contributed by atoms with Crippen molar-refractivity contribution >= 4 is 11.4 Å². The van der Waals surface area contributed by atoms with Crippen molar-refractivity contribution in [3.8, 4) is 5.75 Å². The molecule has 3 N–H and O–H groups in total. The molecule has 0 spiro atoms. The van der Waals surface area contributed by atoms with E-state index in [9.17, 15) is 0 Å². The summed E-state index contributed by atoms with van der Waals surface area (Å²) in [5, 5.41) is 3.48. The predicted molar refractivity (Wildman–Crippen MR) is 72.4 cm³/mol. The Hall–Kier alpha value is -1.38. The van der Waals surface area contributed by atoms with Gasteiger partial charge in [0.2, 0.25) is 0 Å². The monoisotopic (exact) mass is 234 g/mol. The second-order valence-electron chi connectivity index (χ2n) is 5.77. The zero-order valence-electron chi connectivity index (χ0n) is 11.1. The molecule has 1 aromatic rings. The summed E-state index contributed by atoms with van der Waals surface area (Å²) in [6, 6.07) is 6.43. The molecule has 1 unspecified atom stereocenters. The summed E-state index contributed by atoms with van der Waals surface area (Å²) in [6.07, 6.45) is 1.34. The second-order valence-corrected chi connectivity index (χ2v) is 5.77. The van der Waals surface area contributed by atoms with Crippen molar-refractivity contribution in [3.63, 3.8) is 0 Å². The van der Waals surface area contributed by atoms with Crippen LogP contribution in [0.15, 0.2) is 18.2 Å². The van der Waals surface area contributed by atoms with E-state index in [1.807, 2.05) is 32.0 Å². The van der Waals surface area contributed by atoms with Crippen molar-refractivity contribution in [1.82, 2.24) is 0 Å². The van der Waals surface area contributed by atoms with E-state index in [1.165, 1.54) is 6.42 Å². The first-order chi connectivity index (χ1) is 7.90. The van der Waals surface area contributed by atoms with Crippen LogP contribution in [0.2, 0.25) is 0 Å². The van der Waals surface area contributed by atoms with Gasteiger partial charge in [-0.15, -0.1) is 0 Å². The lowest BCUT2D eigenvalue weighted by atomic mass is 10.2. The smallest absolute Gasteiger partial charge is 0.144 e. The summed E-state index contributed by atoms with van der Waals surface area (Å²) in [6.45, 7) is 8.53. The SMILES string of the molecule is CC(C)Oc1cccc(NC2CC2(C)C)c1N. The Labute approximate surface area is 103 Å². The first kappa shape index (κ1) is 12.1. The summed E-state index contributed by atoms with van der Waals surface area (Å²) in [4.78, 5) is 0. The fourth-order valence-corrected chi connectivity index (χ4v) is 1.93. The minimum absolute atomic E-state index is 0.143. The molecule has 3 nitrogen and oxygen atoms in total. The summed E-state index contributed by atoms with van der Waals surface area (Å²) in [7, 11) is 0. The van der Waals surface area contributed by atoms with Crippen LogP contribution in [0.3, 0.4) is 0 Å². The van der Waals surface area contributed by atoms with E-state index < -0.39 is 0 Å². The number of nitrogen functional groups attached to an aromatic ring is 1. The third-order valence-corrected chi connectivity index (χ3v) is 3.27. The van der Waals surface area contributed by atoms with Crippen molar-refractivity contribution in [1.29, 1.82) is 0 Å². The van der Waals surface area contributed by atoms with Gasteiger partial charge in [-0.3, -0.25) is 0 Å². The molecule has 0 heterocycles. The van der Waals surface area contributed by atoms with E-state index in [-0.39, 0.29) is 6.10 Å². The molecule has 1 fully saturated rings. The van der Waals surface area contributed by atoms with Gasteiger partial charge in [-0.2, -0.15) is 0 Å². The predicted octanol–water partition coefficient (Wildman–Crippen LogP) is 3.27. The lowest BCUT2D eigenvalue weighted by Crippen LogP contribution is -2.12. The van der Waals surface area contributed by atoms with Crippen molar-refractivity contribution < 1.29 is 4.74 Å². The van der Waals surface area contributed by atoms with Gasteiger partial charge in [0.1, 0.15) is 5.75 Å². The van der Waals surface area contributed by atoms with Crippen LogP contribution in [0.4, 0.5) is 11.4 Å². The van der Waals surface area contributed by atoms with Gasteiger partial charge in [0.15, 0.2) is 0 Å². The van der Waals surface area contributed by atoms with Gasteiger partial charge >= 0.3 is 0 Å². The number of hydrogen-bond donors (Lipinski definition) is 2. The van der Waals surface area contributed by atoms with Crippen molar-refractivity contribution in [2.24, 2.45) is 5.41 Å². The van der Waals surface area contributed by atoms with E-state index in [4.69, 9.17) is 10.5 Å². The highest BCUT2D eigenvalue weighted by Gasteiger charge is 2.45. The highest BCUT2D eigenvalue weighted by Crippen LogP contribution is 2.47. The van der Waals surface area contributed by atoms with Crippen LogP contribution in [0, 0.1) is 5.41 Å². The zero-order valence-corrected chi connectivity index (χ0v) is 11.1. The molecule has 1 saturated carbocycles. The van der Waals surface area contributed by atoms with E-state index in [1.54, 1.807) is 0 Å². The molecule has 94 valence electrons. The van der Waals surface area contributed by atoms with Gasteiger partial charge in [0, 0.05) is 6.04 Å². The normalized spacial score (nSPS) is 21.4. The maximum atomic E-state index is 6.11. The van der Waals surface area contributed by atoms with Gasteiger partial charge in [0.25, 0.3) is 0 Å². The van der Waals surface area contributed by atoms with Gasteiger partial charge in [0.05, 0.1) is 17.5 Å². The molecule has 0 amide bonds. The van der Waals surface area contributed by atoms with Crippen molar-refractivity contribution in [2.45, 2.75) is 46.3 Å². The van der Waals surface area contributed by atoms with Crippen molar-refractivity contribution in [3.05, 3.63) is 18.2 Å².